The first kappa shape index (κ1) is 11.7. The quantitative estimate of drug-likeness (QED) is 0.760. The number of nitriles is 1. The molecule has 1 aromatic rings. The van der Waals surface area contributed by atoms with Crippen LogP contribution in [0.5, 0.6) is 0 Å². The monoisotopic (exact) mass is 207 g/mol. The van der Waals surface area contributed by atoms with E-state index >= 15 is 0 Å². The Morgan fingerprint density at radius 3 is 2.67 bits per heavy atom. The largest absolute Gasteiger partial charge is 0.360 e. The van der Waals surface area contributed by atoms with Crippen molar-refractivity contribution in [3.8, 4) is 6.07 Å². The summed E-state index contributed by atoms with van der Waals surface area (Å²) in [7, 11) is 0. The molecule has 0 saturated heterocycles. The van der Waals surface area contributed by atoms with Crippen LogP contribution in [0.25, 0.3) is 0 Å². The molecule has 2 nitrogen and oxygen atoms in total. The van der Waals surface area contributed by atoms with Crippen LogP contribution in [0.1, 0.15) is 19.4 Å². The summed E-state index contributed by atoms with van der Waals surface area (Å²) in [6.45, 7) is 3.93. The topological polar surface area (TPSA) is 33.0 Å². The van der Waals surface area contributed by atoms with Crippen LogP contribution in [0.2, 0.25) is 0 Å². The van der Waals surface area contributed by atoms with Gasteiger partial charge in [-0.15, -0.1) is 0 Å². The van der Waals surface area contributed by atoms with Gasteiger partial charge in [0.1, 0.15) is 5.82 Å². The third-order valence-corrected chi connectivity index (χ3v) is 2.19. The molecular weight excluding hydrogens is 193 g/mol. The minimum atomic E-state index is -0.947. The van der Waals surface area contributed by atoms with Crippen molar-refractivity contribution in [2.45, 2.75) is 25.9 Å². The summed E-state index contributed by atoms with van der Waals surface area (Å²) in [6.07, 6.45) is 0.268. The van der Waals surface area contributed by atoms with Gasteiger partial charge in [-0.3, -0.25) is 0 Å². The van der Waals surface area contributed by atoms with Crippen molar-refractivity contribution in [1.82, 2.24) is 0 Å². The smallest absolute Gasteiger partial charge is 0.155 e. The molecule has 0 heterocycles. The van der Waals surface area contributed by atoms with E-state index in [2.05, 4.69) is 6.07 Å². The fraction of sp³-hybridized carbons (Fsp3) is 0.417. The molecule has 0 spiro atoms. The Bertz CT molecular complexity index is 372. The summed E-state index contributed by atoms with van der Waals surface area (Å²) in [5, 5.41) is 8.97. The molecule has 0 fully saturated rings. The molecule has 1 aromatic carbocycles. The van der Waals surface area contributed by atoms with Crippen LogP contribution in [0.4, 0.5) is 4.39 Å². The number of nitrogens with zero attached hydrogens (tertiary/aromatic N) is 1. The van der Waals surface area contributed by atoms with E-state index in [1.165, 1.54) is 6.07 Å². The molecule has 0 aliphatic heterocycles. The molecule has 0 N–H and O–H groups in total. The van der Waals surface area contributed by atoms with Crippen molar-refractivity contribution in [3.05, 3.63) is 35.6 Å². The summed E-state index contributed by atoms with van der Waals surface area (Å²) >= 11 is 0. The molecule has 0 radical (unpaired) electrons. The summed E-state index contributed by atoms with van der Waals surface area (Å²) < 4.78 is 18.6. The molecule has 1 unspecified atom stereocenters. The van der Waals surface area contributed by atoms with E-state index in [0.717, 1.165) is 0 Å². The molecule has 15 heavy (non-hydrogen) atoms. The molecule has 3 heteroatoms. The maximum absolute atomic E-state index is 13.3. The van der Waals surface area contributed by atoms with Crippen LogP contribution >= 0.6 is 0 Å². The van der Waals surface area contributed by atoms with Crippen molar-refractivity contribution >= 4 is 0 Å². The zero-order valence-corrected chi connectivity index (χ0v) is 8.96. The molecular formula is C12H14FNO. The highest BCUT2D eigenvalue weighted by Crippen LogP contribution is 2.18. The Balaban J connectivity index is 2.85. The van der Waals surface area contributed by atoms with E-state index in [9.17, 15) is 4.39 Å². The second-order valence-corrected chi connectivity index (χ2v) is 3.54. The van der Waals surface area contributed by atoms with Crippen LogP contribution in [0, 0.1) is 17.1 Å². The van der Waals surface area contributed by atoms with E-state index in [1.54, 1.807) is 25.1 Å². The first-order chi connectivity index (χ1) is 7.11. The zero-order chi connectivity index (χ0) is 11.3. The predicted molar refractivity (Wildman–Crippen MR) is 55.7 cm³/mol. The zero-order valence-electron chi connectivity index (χ0n) is 8.96. The summed E-state index contributed by atoms with van der Waals surface area (Å²) in [4.78, 5) is 0. The number of hydrogen-bond donors (Lipinski definition) is 0. The van der Waals surface area contributed by atoms with E-state index in [-0.39, 0.29) is 12.2 Å². The minimum absolute atomic E-state index is 0.268. The number of rotatable bonds is 4. The van der Waals surface area contributed by atoms with Gasteiger partial charge >= 0.3 is 0 Å². The van der Waals surface area contributed by atoms with Crippen molar-refractivity contribution in [2.24, 2.45) is 0 Å². The van der Waals surface area contributed by atoms with Gasteiger partial charge in [-0.2, -0.15) is 5.26 Å². The van der Waals surface area contributed by atoms with Gasteiger partial charge in [0, 0.05) is 13.0 Å². The van der Waals surface area contributed by atoms with Gasteiger partial charge in [-0.05, 0) is 25.5 Å². The van der Waals surface area contributed by atoms with E-state index in [1.807, 2.05) is 6.92 Å². The number of halogens is 1. The molecule has 0 saturated carbocycles. The fourth-order valence-corrected chi connectivity index (χ4v) is 1.45. The predicted octanol–water partition coefficient (Wildman–Crippen LogP) is 2.69. The van der Waals surface area contributed by atoms with E-state index in [0.29, 0.717) is 12.2 Å². The molecule has 0 aliphatic rings. The number of ether oxygens (including phenoxy) is 1. The van der Waals surface area contributed by atoms with E-state index < -0.39 is 5.60 Å². The highest BCUT2D eigenvalue weighted by atomic mass is 19.1. The molecule has 80 valence electrons. The maximum atomic E-state index is 13.3. The first-order valence-corrected chi connectivity index (χ1v) is 4.90. The number of benzene rings is 1. The highest BCUT2D eigenvalue weighted by Gasteiger charge is 2.25. The van der Waals surface area contributed by atoms with Crippen molar-refractivity contribution < 1.29 is 9.13 Å². The highest BCUT2D eigenvalue weighted by molar-refractivity contribution is 5.21. The summed E-state index contributed by atoms with van der Waals surface area (Å²) in [6, 6.07) is 8.51. The Labute approximate surface area is 89.3 Å². The van der Waals surface area contributed by atoms with Crippen LogP contribution in [0.15, 0.2) is 24.3 Å². The third-order valence-electron chi connectivity index (χ3n) is 2.19. The molecule has 1 atom stereocenters. The Morgan fingerprint density at radius 2 is 2.13 bits per heavy atom. The standard InChI is InChI=1S/C12H14FNO/c1-3-15-12(2,9-14)8-10-6-4-5-7-11(10)13/h4-7H,3,8H2,1-2H3. The fourth-order valence-electron chi connectivity index (χ4n) is 1.45. The average Bonchev–Trinajstić information content (AvgIpc) is 2.22. The Hall–Kier alpha value is -1.40. The van der Waals surface area contributed by atoms with Crippen molar-refractivity contribution in [2.75, 3.05) is 6.61 Å². The van der Waals surface area contributed by atoms with Crippen LogP contribution in [-0.2, 0) is 11.2 Å². The van der Waals surface area contributed by atoms with Gasteiger partial charge in [-0.25, -0.2) is 4.39 Å². The lowest BCUT2D eigenvalue weighted by Gasteiger charge is -2.21. The van der Waals surface area contributed by atoms with Gasteiger partial charge in [0.05, 0.1) is 6.07 Å². The first-order valence-electron chi connectivity index (χ1n) is 4.90. The van der Waals surface area contributed by atoms with Crippen molar-refractivity contribution in [1.29, 1.82) is 5.26 Å². The normalized spacial score (nSPS) is 14.3. The van der Waals surface area contributed by atoms with Gasteiger partial charge in [0.25, 0.3) is 0 Å². The Kier molecular flexibility index (Phi) is 3.81. The van der Waals surface area contributed by atoms with Gasteiger partial charge in [0.15, 0.2) is 5.60 Å². The lowest BCUT2D eigenvalue weighted by atomic mass is 9.97. The SMILES string of the molecule is CCOC(C)(C#N)Cc1ccccc1F. The van der Waals surface area contributed by atoms with E-state index in [4.69, 9.17) is 10.00 Å². The summed E-state index contributed by atoms with van der Waals surface area (Å²) in [5.74, 6) is -0.293. The van der Waals surface area contributed by atoms with Crippen LogP contribution in [-0.4, -0.2) is 12.2 Å². The lowest BCUT2D eigenvalue weighted by Crippen LogP contribution is -2.29. The second kappa shape index (κ2) is 4.90. The maximum Gasteiger partial charge on any atom is 0.155 e. The third kappa shape index (κ3) is 3.03. The van der Waals surface area contributed by atoms with Crippen LogP contribution in [0.3, 0.4) is 0 Å². The number of hydrogen-bond acceptors (Lipinski definition) is 2. The second-order valence-electron chi connectivity index (χ2n) is 3.54. The van der Waals surface area contributed by atoms with Crippen LogP contribution < -0.4 is 0 Å². The molecule has 1 rings (SSSR count). The molecule has 0 bridgehead atoms. The molecule has 0 amide bonds. The van der Waals surface area contributed by atoms with Crippen molar-refractivity contribution in [3.63, 3.8) is 0 Å². The lowest BCUT2D eigenvalue weighted by molar-refractivity contribution is 0.0197. The van der Waals surface area contributed by atoms with Gasteiger partial charge < -0.3 is 4.74 Å². The minimum Gasteiger partial charge on any atom is -0.360 e. The molecule has 0 aromatic heterocycles. The summed E-state index contributed by atoms with van der Waals surface area (Å²) in [5.41, 5.74) is -0.438. The van der Waals surface area contributed by atoms with Gasteiger partial charge in [0.2, 0.25) is 0 Å². The molecule has 0 aliphatic carbocycles. The average molecular weight is 207 g/mol. The Morgan fingerprint density at radius 1 is 1.47 bits per heavy atom. The van der Waals surface area contributed by atoms with Gasteiger partial charge in [-0.1, -0.05) is 18.2 Å².